The van der Waals surface area contributed by atoms with Crippen LogP contribution in [-0.2, 0) is 4.79 Å². The van der Waals surface area contributed by atoms with Crippen molar-refractivity contribution in [2.45, 2.75) is 33.1 Å². The van der Waals surface area contributed by atoms with Gasteiger partial charge in [-0.1, -0.05) is 29.8 Å². The van der Waals surface area contributed by atoms with Crippen molar-refractivity contribution in [2.24, 2.45) is 5.92 Å². The third kappa shape index (κ3) is 6.21. The Balaban J connectivity index is 0.000000861. The molecule has 0 unspecified atom stereocenters. The molecule has 1 amide bonds. The highest BCUT2D eigenvalue weighted by Crippen LogP contribution is 2.18. The number of piperidine rings is 1. The molecule has 1 aromatic rings. The third-order valence-corrected chi connectivity index (χ3v) is 3.59. The Morgan fingerprint density at radius 2 is 1.84 bits per heavy atom. The molecule has 0 aliphatic carbocycles. The van der Waals surface area contributed by atoms with E-state index in [1.807, 2.05) is 38.1 Å². The summed E-state index contributed by atoms with van der Waals surface area (Å²) in [7, 11) is 0. The van der Waals surface area contributed by atoms with Gasteiger partial charge in [0.05, 0.1) is 0 Å². The van der Waals surface area contributed by atoms with Gasteiger partial charge >= 0.3 is 0 Å². The normalized spacial score (nSPS) is 15.3. The Bertz CT molecular complexity index is 372. The van der Waals surface area contributed by atoms with Crippen molar-refractivity contribution in [3.63, 3.8) is 0 Å². The maximum atomic E-state index is 11.8. The molecule has 1 aromatic carbocycles. The van der Waals surface area contributed by atoms with Crippen LogP contribution in [0.15, 0.2) is 28.7 Å². The Kier molecular flexibility index (Phi) is 7.75. The molecule has 1 heterocycles. The lowest BCUT2D eigenvalue weighted by atomic mass is 9.94. The minimum Gasteiger partial charge on any atom is -0.326 e. The molecule has 1 aliphatic heterocycles. The van der Waals surface area contributed by atoms with Gasteiger partial charge in [-0.05, 0) is 56.1 Å². The van der Waals surface area contributed by atoms with E-state index in [1.165, 1.54) is 0 Å². The van der Waals surface area contributed by atoms with Gasteiger partial charge in [0.25, 0.3) is 0 Å². The average Bonchev–Trinajstić information content (AvgIpc) is 2.45. The number of carbonyl (C=O) groups excluding carboxylic acids is 1. The maximum absolute atomic E-state index is 11.8. The summed E-state index contributed by atoms with van der Waals surface area (Å²) >= 11 is 3.37. The van der Waals surface area contributed by atoms with E-state index < -0.39 is 0 Å². The van der Waals surface area contributed by atoms with Gasteiger partial charge in [-0.25, -0.2) is 0 Å². The van der Waals surface area contributed by atoms with Crippen molar-refractivity contribution in [1.82, 2.24) is 5.32 Å². The first-order valence-corrected chi connectivity index (χ1v) is 7.79. The molecule has 0 saturated carbocycles. The number of amides is 1. The molecular formula is C15H23BrN2O. The van der Waals surface area contributed by atoms with Gasteiger partial charge in [0.1, 0.15) is 0 Å². The average molecular weight is 327 g/mol. The van der Waals surface area contributed by atoms with Crippen LogP contribution in [-0.4, -0.2) is 19.0 Å². The van der Waals surface area contributed by atoms with E-state index in [9.17, 15) is 4.79 Å². The van der Waals surface area contributed by atoms with Crippen molar-refractivity contribution in [3.8, 4) is 0 Å². The molecule has 3 nitrogen and oxygen atoms in total. The molecular weight excluding hydrogens is 304 g/mol. The van der Waals surface area contributed by atoms with Crippen LogP contribution < -0.4 is 10.6 Å². The molecule has 1 aliphatic rings. The van der Waals surface area contributed by atoms with Gasteiger partial charge in [-0.15, -0.1) is 0 Å². The number of rotatable bonds is 3. The molecule has 106 valence electrons. The lowest BCUT2D eigenvalue weighted by Gasteiger charge is -2.21. The monoisotopic (exact) mass is 326 g/mol. The highest BCUT2D eigenvalue weighted by atomic mass is 79.9. The van der Waals surface area contributed by atoms with Crippen LogP contribution in [0.2, 0.25) is 0 Å². The van der Waals surface area contributed by atoms with Crippen LogP contribution in [0.3, 0.4) is 0 Å². The van der Waals surface area contributed by atoms with Crippen molar-refractivity contribution < 1.29 is 4.79 Å². The minimum atomic E-state index is 0.124. The van der Waals surface area contributed by atoms with Gasteiger partial charge in [0.2, 0.25) is 5.91 Å². The molecule has 2 rings (SSSR count). The lowest BCUT2D eigenvalue weighted by Crippen LogP contribution is -2.30. The van der Waals surface area contributed by atoms with Crippen molar-refractivity contribution >= 4 is 27.5 Å². The highest BCUT2D eigenvalue weighted by molar-refractivity contribution is 9.10. The number of hydrogen-bond acceptors (Lipinski definition) is 2. The lowest BCUT2D eigenvalue weighted by molar-refractivity contribution is -0.117. The Labute approximate surface area is 124 Å². The van der Waals surface area contributed by atoms with Gasteiger partial charge in [-0.3, -0.25) is 4.79 Å². The summed E-state index contributed by atoms with van der Waals surface area (Å²) in [4.78, 5) is 11.8. The molecule has 1 saturated heterocycles. The van der Waals surface area contributed by atoms with Gasteiger partial charge in [-0.2, -0.15) is 0 Å². The number of benzene rings is 1. The predicted octanol–water partition coefficient (Wildman–Crippen LogP) is 3.80. The van der Waals surface area contributed by atoms with Crippen LogP contribution in [0, 0.1) is 5.92 Å². The fraction of sp³-hybridized carbons (Fsp3) is 0.533. The second-order valence-corrected chi connectivity index (χ2v) is 5.37. The molecule has 0 spiro atoms. The van der Waals surface area contributed by atoms with Crippen molar-refractivity contribution in [3.05, 3.63) is 28.7 Å². The topological polar surface area (TPSA) is 41.1 Å². The number of anilines is 1. The van der Waals surface area contributed by atoms with Crippen LogP contribution in [0.5, 0.6) is 0 Å². The zero-order chi connectivity index (χ0) is 14.1. The summed E-state index contributed by atoms with van der Waals surface area (Å²) in [6.45, 7) is 6.08. The van der Waals surface area contributed by atoms with Crippen LogP contribution in [0.1, 0.15) is 33.1 Å². The first kappa shape index (κ1) is 16.2. The number of carbonyl (C=O) groups is 1. The van der Waals surface area contributed by atoms with E-state index in [2.05, 4.69) is 26.6 Å². The summed E-state index contributed by atoms with van der Waals surface area (Å²) in [5.74, 6) is 0.658. The summed E-state index contributed by atoms with van der Waals surface area (Å²) < 4.78 is 1.02. The van der Waals surface area contributed by atoms with Crippen molar-refractivity contribution in [1.29, 1.82) is 0 Å². The maximum Gasteiger partial charge on any atom is 0.224 e. The SMILES string of the molecule is CC.O=C(CC1CCNCC1)Nc1ccc(Br)cc1. The van der Waals surface area contributed by atoms with Crippen LogP contribution >= 0.6 is 15.9 Å². The molecule has 0 bridgehead atoms. The molecule has 0 aromatic heterocycles. The van der Waals surface area contributed by atoms with Crippen LogP contribution in [0.4, 0.5) is 5.69 Å². The molecule has 19 heavy (non-hydrogen) atoms. The van der Waals surface area contributed by atoms with Gasteiger partial charge < -0.3 is 10.6 Å². The summed E-state index contributed by atoms with van der Waals surface area (Å²) in [6, 6.07) is 7.68. The summed E-state index contributed by atoms with van der Waals surface area (Å²) in [6.07, 6.45) is 2.85. The van der Waals surface area contributed by atoms with E-state index >= 15 is 0 Å². The van der Waals surface area contributed by atoms with E-state index in [0.717, 1.165) is 36.1 Å². The van der Waals surface area contributed by atoms with E-state index in [0.29, 0.717) is 12.3 Å². The van der Waals surface area contributed by atoms with E-state index in [1.54, 1.807) is 0 Å². The molecule has 4 heteroatoms. The zero-order valence-electron chi connectivity index (χ0n) is 11.7. The minimum absolute atomic E-state index is 0.124. The predicted molar refractivity (Wildman–Crippen MR) is 84.3 cm³/mol. The first-order valence-electron chi connectivity index (χ1n) is 7.00. The number of nitrogens with one attached hydrogen (secondary N) is 2. The zero-order valence-corrected chi connectivity index (χ0v) is 13.3. The quantitative estimate of drug-likeness (QED) is 0.886. The molecule has 0 atom stereocenters. The second-order valence-electron chi connectivity index (χ2n) is 4.45. The first-order chi connectivity index (χ1) is 9.24. The third-order valence-electron chi connectivity index (χ3n) is 3.06. The van der Waals surface area contributed by atoms with E-state index in [-0.39, 0.29) is 5.91 Å². The Morgan fingerprint density at radius 1 is 1.26 bits per heavy atom. The number of hydrogen-bond donors (Lipinski definition) is 2. The van der Waals surface area contributed by atoms with Gasteiger partial charge in [0, 0.05) is 16.6 Å². The molecule has 0 radical (unpaired) electrons. The number of halogens is 1. The Hall–Kier alpha value is -0.870. The largest absolute Gasteiger partial charge is 0.326 e. The highest BCUT2D eigenvalue weighted by Gasteiger charge is 2.16. The fourth-order valence-corrected chi connectivity index (χ4v) is 2.36. The molecule has 1 fully saturated rings. The van der Waals surface area contributed by atoms with Crippen molar-refractivity contribution in [2.75, 3.05) is 18.4 Å². The smallest absolute Gasteiger partial charge is 0.224 e. The van der Waals surface area contributed by atoms with Crippen LogP contribution in [0.25, 0.3) is 0 Å². The standard InChI is InChI=1S/C13H17BrN2O.C2H6/c14-11-1-3-12(4-2-11)16-13(17)9-10-5-7-15-8-6-10;1-2/h1-4,10,15H,5-9H2,(H,16,17);1-2H3. The summed E-state index contributed by atoms with van der Waals surface area (Å²) in [5, 5.41) is 6.24. The summed E-state index contributed by atoms with van der Waals surface area (Å²) in [5.41, 5.74) is 0.868. The van der Waals surface area contributed by atoms with Gasteiger partial charge in [0.15, 0.2) is 0 Å². The Morgan fingerprint density at radius 3 is 2.42 bits per heavy atom. The van der Waals surface area contributed by atoms with E-state index in [4.69, 9.17) is 0 Å². The second kappa shape index (κ2) is 9.10. The molecule has 2 N–H and O–H groups in total. The fourth-order valence-electron chi connectivity index (χ4n) is 2.09.